The van der Waals surface area contributed by atoms with Gasteiger partial charge in [0.25, 0.3) is 0 Å². The highest BCUT2D eigenvalue weighted by Crippen LogP contribution is 2.12. The summed E-state index contributed by atoms with van der Waals surface area (Å²) >= 11 is 0. The van der Waals surface area contributed by atoms with Crippen molar-refractivity contribution < 1.29 is 4.79 Å². The molecule has 1 aromatic heterocycles. The SMILES string of the molecule is CCn1cc(C(=O)C2CCCCN2)cn1. The van der Waals surface area contributed by atoms with Gasteiger partial charge in [0, 0.05) is 12.7 Å². The van der Waals surface area contributed by atoms with E-state index in [0.717, 1.165) is 31.5 Å². The fourth-order valence-corrected chi connectivity index (χ4v) is 1.94. The lowest BCUT2D eigenvalue weighted by atomic mass is 9.98. The van der Waals surface area contributed by atoms with E-state index in [2.05, 4.69) is 10.4 Å². The number of carbonyl (C=O) groups excluding carboxylic acids is 1. The highest BCUT2D eigenvalue weighted by molar-refractivity contribution is 5.99. The molecule has 0 saturated carbocycles. The lowest BCUT2D eigenvalue weighted by Crippen LogP contribution is -2.40. The summed E-state index contributed by atoms with van der Waals surface area (Å²) in [5, 5.41) is 7.38. The van der Waals surface area contributed by atoms with Gasteiger partial charge in [-0.25, -0.2) is 0 Å². The van der Waals surface area contributed by atoms with Gasteiger partial charge >= 0.3 is 0 Å². The van der Waals surface area contributed by atoms with Crippen LogP contribution in [0.4, 0.5) is 0 Å². The van der Waals surface area contributed by atoms with Crippen LogP contribution >= 0.6 is 0 Å². The number of nitrogens with zero attached hydrogens (tertiary/aromatic N) is 2. The van der Waals surface area contributed by atoms with Crippen LogP contribution < -0.4 is 5.32 Å². The lowest BCUT2D eigenvalue weighted by molar-refractivity contribution is 0.0927. The maximum absolute atomic E-state index is 12.0. The summed E-state index contributed by atoms with van der Waals surface area (Å²) in [6.45, 7) is 3.78. The highest BCUT2D eigenvalue weighted by atomic mass is 16.1. The molecule has 2 heterocycles. The van der Waals surface area contributed by atoms with Crippen LogP contribution in [0.5, 0.6) is 0 Å². The molecule has 0 amide bonds. The van der Waals surface area contributed by atoms with Crippen LogP contribution in [0.1, 0.15) is 36.5 Å². The van der Waals surface area contributed by atoms with E-state index in [1.807, 2.05) is 13.1 Å². The average Bonchev–Trinajstić information content (AvgIpc) is 2.78. The van der Waals surface area contributed by atoms with Gasteiger partial charge in [-0.1, -0.05) is 6.42 Å². The van der Waals surface area contributed by atoms with Gasteiger partial charge in [-0.2, -0.15) is 5.10 Å². The van der Waals surface area contributed by atoms with Gasteiger partial charge in [0.15, 0.2) is 5.78 Å². The fourth-order valence-electron chi connectivity index (χ4n) is 1.94. The topological polar surface area (TPSA) is 46.9 Å². The van der Waals surface area contributed by atoms with Crippen molar-refractivity contribution in [2.24, 2.45) is 0 Å². The third-order valence-corrected chi connectivity index (χ3v) is 2.87. The number of Topliss-reactive ketones (excluding diaryl/α,β-unsaturated/α-hetero) is 1. The molecule has 0 spiro atoms. The minimum absolute atomic E-state index is 0.00764. The smallest absolute Gasteiger partial charge is 0.182 e. The van der Waals surface area contributed by atoms with E-state index >= 15 is 0 Å². The van der Waals surface area contributed by atoms with Gasteiger partial charge in [0.05, 0.1) is 17.8 Å². The number of ketones is 1. The van der Waals surface area contributed by atoms with Crippen molar-refractivity contribution in [2.75, 3.05) is 6.54 Å². The molecule has 0 bridgehead atoms. The number of piperidine rings is 1. The van der Waals surface area contributed by atoms with E-state index in [1.165, 1.54) is 6.42 Å². The van der Waals surface area contributed by atoms with Gasteiger partial charge in [-0.3, -0.25) is 9.48 Å². The molecule has 1 aliphatic heterocycles. The molecular formula is C11H17N3O. The maximum Gasteiger partial charge on any atom is 0.182 e. The van der Waals surface area contributed by atoms with E-state index in [1.54, 1.807) is 10.9 Å². The summed E-state index contributed by atoms with van der Waals surface area (Å²) in [6.07, 6.45) is 6.78. The minimum atomic E-state index is 0.00764. The first kappa shape index (κ1) is 10.4. The Bertz CT molecular complexity index is 339. The van der Waals surface area contributed by atoms with Crippen molar-refractivity contribution in [2.45, 2.75) is 38.8 Å². The molecule has 0 aromatic carbocycles. The lowest BCUT2D eigenvalue weighted by Gasteiger charge is -2.21. The number of carbonyl (C=O) groups is 1. The van der Waals surface area contributed by atoms with Crippen molar-refractivity contribution in [1.82, 2.24) is 15.1 Å². The average molecular weight is 207 g/mol. The van der Waals surface area contributed by atoms with E-state index in [0.29, 0.717) is 0 Å². The highest BCUT2D eigenvalue weighted by Gasteiger charge is 2.22. The van der Waals surface area contributed by atoms with Gasteiger partial charge in [0.2, 0.25) is 0 Å². The first-order valence-electron chi connectivity index (χ1n) is 5.61. The van der Waals surface area contributed by atoms with Crippen molar-refractivity contribution in [3.05, 3.63) is 18.0 Å². The summed E-state index contributed by atoms with van der Waals surface area (Å²) in [6, 6.07) is 0.00764. The van der Waals surface area contributed by atoms with Crippen molar-refractivity contribution in [3.8, 4) is 0 Å². The molecule has 1 N–H and O–H groups in total. The van der Waals surface area contributed by atoms with Crippen LogP contribution in [0.15, 0.2) is 12.4 Å². The van der Waals surface area contributed by atoms with Crippen LogP contribution in [0.3, 0.4) is 0 Å². The number of hydrogen-bond donors (Lipinski definition) is 1. The summed E-state index contributed by atoms with van der Waals surface area (Å²) in [5.41, 5.74) is 0.733. The van der Waals surface area contributed by atoms with Crippen LogP contribution in [-0.2, 0) is 6.54 Å². The first-order valence-corrected chi connectivity index (χ1v) is 5.61. The molecule has 4 nitrogen and oxygen atoms in total. The van der Waals surface area contributed by atoms with E-state index < -0.39 is 0 Å². The Balaban J connectivity index is 2.05. The molecule has 15 heavy (non-hydrogen) atoms. The van der Waals surface area contributed by atoms with Gasteiger partial charge in [-0.05, 0) is 26.3 Å². The third-order valence-electron chi connectivity index (χ3n) is 2.87. The van der Waals surface area contributed by atoms with Crippen LogP contribution in [0, 0.1) is 0 Å². The molecule has 0 radical (unpaired) electrons. The van der Waals surface area contributed by atoms with Gasteiger partial charge in [0.1, 0.15) is 0 Å². The Morgan fingerprint density at radius 2 is 2.53 bits per heavy atom. The molecule has 1 saturated heterocycles. The van der Waals surface area contributed by atoms with Crippen LogP contribution in [0.25, 0.3) is 0 Å². The summed E-state index contributed by atoms with van der Waals surface area (Å²) < 4.78 is 1.79. The molecule has 82 valence electrons. The molecule has 0 aliphatic carbocycles. The van der Waals surface area contributed by atoms with Crippen molar-refractivity contribution >= 4 is 5.78 Å². The van der Waals surface area contributed by atoms with Crippen molar-refractivity contribution in [3.63, 3.8) is 0 Å². The Kier molecular flexibility index (Phi) is 3.16. The molecule has 1 aromatic rings. The molecular weight excluding hydrogens is 190 g/mol. The maximum atomic E-state index is 12.0. The van der Waals surface area contributed by atoms with E-state index in [-0.39, 0.29) is 11.8 Å². The second-order valence-electron chi connectivity index (χ2n) is 3.95. The molecule has 1 atom stereocenters. The predicted octanol–water partition coefficient (Wildman–Crippen LogP) is 1.23. The van der Waals surface area contributed by atoms with Gasteiger partial charge in [-0.15, -0.1) is 0 Å². The zero-order valence-corrected chi connectivity index (χ0v) is 9.07. The number of aromatic nitrogens is 2. The Hall–Kier alpha value is -1.16. The quantitative estimate of drug-likeness (QED) is 0.758. The zero-order chi connectivity index (χ0) is 10.7. The Morgan fingerprint density at radius 3 is 3.13 bits per heavy atom. The van der Waals surface area contributed by atoms with E-state index in [4.69, 9.17) is 0 Å². The zero-order valence-electron chi connectivity index (χ0n) is 9.07. The van der Waals surface area contributed by atoms with Gasteiger partial charge < -0.3 is 5.32 Å². The van der Waals surface area contributed by atoms with Crippen LogP contribution in [0.2, 0.25) is 0 Å². The predicted molar refractivity (Wildman–Crippen MR) is 57.9 cm³/mol. The summed E-state index contributed by atoms with van der Waals surface area (Å²) in [4.78, 5) is 12.0. The number of rotatable bonds is 3. The number of hydrogen-bond acceptors (Lipinski definition) is 3. The second-order valence-corrected chi connectivity index (χ2v) is 3.95. The second kappa shape index (κ2) is 4.57. The monoisotopic (exact) mass is 207 g/mol. The summed E-state index contributed by atoms with van der Waals surface area (Å²) in [5.74, 6) is 0.189. The summed E-state index contributed by atoms with van der Waals surface area (Å²) in [7, 11) is 0. The Morgan fingerprint density at radius 1 is 1.67 bits per heavy atom. The number of aryl methyl sites for hydroxylation is 1. The minimum Gasteiger partial charge on any atom is -0.307 e. The Labute approximate surface area is 89.7 Å². The molecule has 1 unspecified atom stereocenters. The molecule has 2 rings (SSSR count). The fraction of sp³-hybridized carbons (Fsp3) is 0.636. The van der Waals surface area contributed by atoms with Crippen molar-refractivity contribution in [1.29, 1.82) is 0 Å². The molecule has 4 heteroatoms. The first-order chi connectivity index (χ1) is 7.31. The van der Waals surface area contributed by atoms with E-state index in [9.17, 15) is 4.79 Å². The normalized spacial score (nSPS) is 21.5. The number of nitrogens with one attached hydrogen (secondary N) is 1. The largest absolute Gasteiger partial charge is 0.307 e. The standard InChI is InChI=1S/C11H17N3O/c1-2-14-8-9(7-13-14)11(15)10-5-3-4-6-12-10/h7-8,10,12H,2-6H2,1H3. The van der Waals surface area contributed by atoms with Crippen LogP contribution in [-0.4, -0.2) is 28.2 Å². The molecule has 1 aliphatic rings. The molecule has 1 fully saturated rings. The third kappa shape index (κ3) is 2.26.